The topological polar surface area (TPSA) is 23.5 Å². The van der Waals surface area contributed by atoms with Gasteiger partial charge in [0.15, 0.2) is 0 Å². The molecule has 0 saturated carbocycles. The molecule has 0 aliphatic heterocycles. The maximum absolute atomic E-state index is 8.86. The van der Waals surface area contributed by atoms with Crippen LogP contribution in [0, 0.1) is 0 Å². The van der Waals surface area contributed by atoms with Crippen molar-refractivity contribution in [2.24, 2.45) is 0 Å². The van der Waals surface area contributed by atoms with Gasteiger partial charge in [-0.25, -0.2) is 0 Å². The van der Waals surface area contributed by atoms with Crippen LogP contribution in [0.15, 0.2) is 0 Å². The second-order valence-corrected chi connectivity index (χ2v) is 1.85. The molecule has 0 aromatic carbocycles. The summed E-state index contributed by atoms with van der Waals surface area (Å²) in [6.45, 7) is 1.95. The summed E-state index contributed by atoms with van der Waals surface area (Å²) >= 11 is 0. The van der Waals surface area contributed by atoms with Crippen molar-refractivity contribution in [2.75, 3.05) is 14.1 Å². The van der Waals surface area contributed by atoms with Crippen LogP contribution in [0.3, 0.4) is 0 Å². The van der Waals surface area contributed by atoms with Crippen LogP contribution in [0.25, 0.3) is 0 Å². The van der Waals surface area contributed by atoms with Crippen LogP contribution >= 0.6 is 0 Å². The van der Waals surface area contributed by atoms with Crippen LogP contribution in [0.2, 0.25) is 0 Å². The Hall–Kier alpha value is -0.0800. The summed E-state index contributed by atoms with van der Waals surface area (Å²) in [5.41, 5.74) is 0. The molecule has 0 fully saturated rings. The average Bonchev–Trinajstić information content (AvgIpc) is 1.65. The maximum atomic E-state index is 8.86. The van der Waals surface area contributed by atoms with Gasteiger partial charge in [-0.15, -0.1) is 0 Å². The molecule has 1 N–H and O–H groups in total. The van der Waals surface area contributed by atoms with Crippen molar-refractivity contribution in [3.05, 3.63) is 0 Å². The number of rotatable bonds is 2. The van der Waals surface area contributed by atoms with Gasteiger partial charge in [0.1, 0.15) is 6.23 Å². The second-order valence-electron chi connectivity index (χ2n) is 1.85. The number of hydrogen-bond acceptors (Lipinski definition) is 2. The first kappa shape index (κ1) is 6.92. The first-order valence-corrected chi connectivity index (χ1v) is 2.53. The molecule has 0 aromatic rings. The Labute approximate surface area is 44.8 Å². The van der Waals surface area contributed by atoms with Crippen molar-refractivity contribution in [1.82, 2.24) is 4.90 Å². The van der Waals surface area contributed by atoms with Crippen LogP contribution in [-0.4, -0.2) is 30.3 Å². The van der Waals surface area contributed by atoms with E-state index in [1.807, 2.05) is 21.0 Å². The van der Waals surface area contributed by atoms with Gasteiger partial charge in [0.25, 0.3) is 0 Å². The Morgan fingerprint density at radius 1 is 1.57 bits per heavy atom. The summed E-state index contributed by atoms with van der Waals surface area (Å²) in [4.78, 5) is 1.78. The minimum atomic E-state index is -0.264. The highest BCUT2D eigenvalue weighted by molar-refractivity contribution is 4.43. The number of nitrogens with zero attached hydrogens (tertiary/aromatic N) is 1. The van der Waals surface area contributed by atoms with Crippen molar-refractivity contribution < 1.29 is 5.11 Å². The molecule has 7 heavy (non-hydrogen) atoms. The Kier molecular flexibility index (Phi) is 2.96. The molecule has 0 heterocycles. The van der Waals surface area contributed by atoms with Gasteiger partial charge in [0.2, 0.25) is 0 Å². The molecule has 0 aromatic heterocycles. The lowest BCUT2D eigenvalue weighted by atomic mass is 10.4. The van der Waals surface area contributed by atoms with Crippen LogP contribution in [0.4, 0.5) is 0 Å². The van der Waals surface area contributed by atoms with E-state index in [-0.39, 0.29) is 6.23 Å². The highest BCUT2D eigenvalue weighted by Gasteiger charge is 1.99. The molecule has 44 valence electrons. The van der Waals surface area contributed by atoms with Crippen molar-refractivity contribution in [3.63, 3.8) is 0 Å². The van der Waals surface area contributed by atoms with E-state index in [1.165, 1.54) is 0 Å². The van der Waals surface area contributed by atoms with E-state index < -0.39 is 0 Å². The molecule has 0 bridgehead atoms. The van der Waals surface area contributed by atoms with Gasteiger partial charge in [0, 0.05) is 0 Å². The fourth-order valence-corrected chi connectivity index (χ4v) is 0.365. The molecule has 0 rings (SSSR count). The summed E-state index contributed by atoms with van der Waals surface area (Å²) in [6.07, 6.45) is 0.535. The number of aliphatic hydroxyl groups excluding tert-OH is 1. The Balaban J connectivity index is 3.14. The van der Waals surface area contributed by atoms with Gasteiger partial charge in [-0.2, -0.15) is 0 Å². The van der Waals surface area contributed by atoms with Crippen LogP contribution in [0.5, 0.6) is 0 Å². The molecular formula is C5H13NO. The Morgan fingerprint density at radius 2 is 2.00 bits per heavy atom. The van der Waals surface area contributed by atoms with Gasteiger partial charge in [-0.05, 0) is 20.5 Å². The van der Waals surface area contributed by atoms with Crippen molar-refractivity contribution in [3.8, 4) is 0 Å². The number of aliphatic hydroxyl groups is 1. The van der Waals surface area contributed by atoms with E-state index in [0.717, 1.165) is 6.42 Å². The molecule has 1 atom stereocenters. The van der Waals surface area contributed by atoms with E-state index in [0.29, 0.717) is 0 Å². The Bertz CT molecular complexity index is 45.3. The normalized spacial score (nSPS) is 15.0. The zero-order chi connectivity index (χ0) is 5.86. The molecule has 0 amide bonds. The SMILES string of the molecule is CC[C@H](O)N(C)C. The average molecular weight is 103 g/mol. The summed E-state index contributed by atoms with van der Waals surface area (Å²) in [7, 11) is 3.71. The predicted octanol–water partition coefficient (Wildman–Crippen LogP) is 0.276. The summed E-state index contributed by atoms with van der Waals surface area (Å²) in [6, 6.07) is 0. The lowest BCUT2D eigenvalue weighted by molar-refractivity contribution is 0.0377. The lowest BCUT2D eigenvalue weighted by Crippen LogP contribution is -2.26. The third kappa shape index (κ3) is 2.60. The Morgan fingerprint density at radius 3 is 2.00 bits per heavy atom. The smallest absolute Gasteiger partial charge is 0.106 e. The fourth-order valence-electron chi connectivity index (χ4n) is 0.365. The van der Waals surface area contributed by atoms with Crippen LogP contribution < -0.4 is 0 Å². The van der Waals surface area contributed by atoms with Gasteiger partial charge in [-0.1, -0.05) is 6.92 Å². The minimum Gasteiger partial charge on any atom is -0.378 e. The van der Waals surface area contributed by atoms with E-state index in [1.54, 1.807) is 4.90 Å². The molecule has 0 spiro atoms. The van der Waals surface area contributed by atoms with Crippen molar-refractivity contribution in [1.29, 1.82) is 0 Å². The van der Waals surface area contributed by atoms with Crippen molar-refractivity contribution in [2.45, 2.75) is 19.6 Å². The zero-order valence-electron chi connectivity index (χ0n) is 5.18. The van der Waals surface area contributed by atoms with Gasteiger partial charge >= 0.3 is 0 Å². The van der Waals surface area contributed by atoms with Crippen molar-refractivity contribution >= 4 is 0 Å². The highest BCUT2D eigenvalue weighted by Crippen LogP contribution is 1.90. The second kappa shape index (κ2) is 2.99. The summed E-state index contributed by atoms with van der Waals surface area (Å²) in [5, 5.41) is 8.86. The van der Waals surface area contributed by atoms with Gasteiger partial charge in [0.05, 0.1) is 0 Å². The third-order valence-corrected chi connectivity index (χ3v) is 0.961. The van der Waals surface area contributed by atoms with E-state index in [2.05, 4.69) is 0 Å². The standard InChI is InChI=1S/C5H13NO/c1-4-5(7)6(2)3/h5,7H,4H2,1-3H3/t5-/m0/s1. The zero-order valence-corrected chi connectivity index (χ0v) is 5.18. The van der Waals surface area contributed by atoms with Crippen LogP contribution in [0.1, 0.15) is 13.3 Å². The molecule has 0 radical (unpaired) electrons. The van der Waals surface area contributed by atoms with Crippen LogP contribution in [-0.2, 0) is 0 Å². The van der Waals surface area contributed by atoms with E-state index in [4.69, 9.17) is 5.11 Å². The largest absolute Gasteiger partial charge is 0.378 e. The predicted molar refractivity (Wildman–Crippen MR) is 30.0 cm³/mol. The van der Waals surface area contributed by atoms with Gasteiger partial charge < -0.3 is 5.11 Å². The third-order valence-electron chi connectivity index (χ3n) is 0.961. The quantitative estimate of drug-likeness (QED) is 0.507. The summed E-state index contributed by atoms with van der Waals surface area (Å²) in [5.74, 6) is 0. The first-order chi connectivity index (χ1) is 3.18. The summed E-state index contributed by atoms with van der Waals surface area (Å²) < 4.78 is 0. The maximum Gasteiger partial charge on any atom is 0.106 e. The van der Waals surface area contributed by atoms with E-state index in [9.17, 15) is 0 Å². The molecular weight excluding hydrogens is 90.1 g/mol. The van der Waals surface area contributed by atoms with Gasteiger partial charge in [-0.3, -0.25) is 4.90 Å². The number of hydrogen-bond donors (Lipinski definition) is 1. The lowest BCUT2D eigenvalue weighted by Gasteiger charge is -2.15. The molecule has 0 unspecified atom stereocenters. The molecule has 0 saturated heterocycles. The van der Waals surface area contributed by atoms with E-state index >= 15 is 0 Å². The molecule has 0 aliphatic carbocycles. The molecule has 2 heteroatoms. The minimum absolute atomic E-state index is 0.264. The first-order valence-electron chi connectivity index (χ1n) is 2.53. The molecule has 2 nitrogen and oxygen atoms in total. The monoisotopic (exact) mass is 103 g/mol. The fraction of sp³-hybridized carbons (Fsp3) is 1.00. The molecule has 0 aliphatic rings. The highest BCUT2D eigenvalue weighted by atomic mass is 16.3.